The van der Waals surface area contributed by atoms with Crippen molar-refractivity contribution < 1.29 is 19.4 Å². The fourth-order valence-corrected chi connectivity index (χ4v) is 3.66. The molecule has 0 fully saturated rings. The molecule has 5 unspecified atom stereocenters. The standard InChI is InChI=1S/C26H35NO4/c1-16-12-13-23(18(3)17(2)20(5)28)24(14-16)25(19(4)21(6)29)27-26(30)31-15-22-10-8-7-9-11-22/h7-14,17-19,21,25,29H,15H2,1-6H3,(H,27,30). The Kier molecular flexibility index (Phi) is 8.81. The highest BCUT2D eigenvalue weighted by atomic mass is 16.5. The summed E-state index contributed by atoms with van der Waals surface area (Å²) >= 11 is 0. The minimum Gasteiger partial charge on any atom is -0.445 e. The number of alkyl carbamates (subject to hydrolysis) is 1. The van der Waals surface area contributed by atoms with Gasteiger partial charge in [0.2, 0.25) is 0 Å². The second kappa shape index (κ2) is 11.1. The van der Waals surface area contributed by atoms with Gasteiger partial charge in [0, 0.05) is 11.8 Å². The number of ether oxygens (including phenoxy) is 1. The zero-order chi connectivity index (χ0) is 23.1. The number of rotatable bonds is 9. The van der Waals surface area contributed by atoms with Crippen LogP contribution in [0.1, 0.15) is 68.8 Å². The number of ketones is 1. The second-order valence-electron chi connectivity index (χ2n) is 8.60. The van der Waals surface area contributed by atoms with E-state index in [1.807, 2.05) is 76.2 Å². The topological polar surface area (TPSA) is 75.6 Å². The molecule has 0 aliphatic rings. The van der Waals surface area contributed by atoms with Crippen molar-refractivity contribution in [1.82, 2.24) is 5.32 Å². The molecule has 0 aliphatic heterocycles. The minimum atomic E-state index is -0.645. The Hall–Kier alpha value is -2.66. The van der Waals surface area contributed by atoms with Crippen LogP contribution < -0.4 is 5.32 Å². The van der Waals surface area contributed by atoms with Gasteiger partial charge in [0.1, 0.15) is 12.4 Å². The lowest BCUT2D eigenvalue weighted by atomic mass is 9.79. The molecule has 2 N–H and O–H groups in total. The molecular weight excluding hydrogens is 390 g/mol. The maximum atomic E-state index is 12.7. The van der Waals surface area contributed by atoms with Crippen molar-refractivity contribution in [1.29, 1.82) is 0 Å². The van der Waals surface area contributed by atoms with Gasteiger partial charge in [-0.15, -0.1) is 0 Å². The lowest BCUT2D eigenvalue weighted by Crippen LogP contribution is -2.37. The molecule has 0 saturated carbocycles. The first-order valence-corrected chi connectivity index (χ1v) is 10.9. The van der Waals surface area contributed by atoms with E-state index in [1.165, 1.54) is 0 Å². The Labute approximate surface area is 185 Å². The number of carbonyl (C=O) groups is 2. The molecule has 0 heterocycles. The van der Waals surface area contributed by atoms with E-state index in [1.54, 1.807) is 13.8 Å². The molecule has 31 heavy (non-hydrogen) atoms. The molecule has 168 valence electrons. The van der Waals surface area contributed by atoms with Crippen LogP contribution in [0.15, 0.2) is 48.5 Å². The zero-order valence-corrected chi connectivity index (χ0v) is 19.4. The Bertz CT molecular complexity index is 878. The summed E-state index contributed by atoms with van der Waals surface area (Å²) in [5.41, 5.74) is 3.85. The number of hydrogen-bond donors (Lipinski definition) is 2. The highest BCUT2D eigenvalue weighted by molar-refractivity contribution is 5.79. The predicted molar refractivity (Wildman–Crippen MR) is 123 cm³/mol. The van der Waals surface area contributed by atoms with Crippen molar-refractivity contribution in [3.05, 3.63) is 70.8 Å². The molecule has 5 atom stereocenters. The van der Waals surface area contributed by atoms with Crippen LogP contribution in [0.25, 0.3) is 0 Å². The number of aliphatic hydroxyl groups is 1. The Morgan fingerprint density at radius 2 is 1.65 bits per heavy atom. The van der Waals surface area contributed by atoms with E-state index in [9.17, 15) is 14.7 Å². The van der Waals surface area contributed by atoms with E-state index >= 15 is 0 Å². The van der Waals surface area contributed by atoms with Crippen molar-refractivity contribution >= 4 is 11.9 Å². The molecule has 0 spiro atoms. The maximum Gasteiger partial charge on any atom is 0.407 e. The van der Waals surface area contributed by atoms with Crippen LogP contribution in [0.4, 0.5) is 4.79 Å². The third kappa shape index (κ3) is 6.66. The van der Waals surface area contributed by atoms with E-state index in [4.69, 9.17) is 4.74 Å². The highest BCUT2D eigenvalue weighted by Gasteiger charge is 2.30. The quantitative estimate of drug-likeness (QED) is 0.571. The molecule has 2 aromatic carbocycles. The van der Waals surface area contributed by atoms with Gasteiger partial charge < -0.3 is 15.2 Å². The van der Waals surface area contributed by atoms with Crippen LogP contribution in [-0.2, 0) is 16.1 Å². The van der Waals surface area contributed by atoms with Crippen LogP contribution in [0.5, 0.6) is 0 Å². The number of aryl methyl sites for hydroxylation is 1. The van der Waals surface area contributed by atoms with Crippen LogP contribution in [0.3, 0.4) is 0 Å². The lowest BCUT2D eigenvalue weighted by molar-refractivity contribution is -0.120. The fourth-order valence-electron chi connectivity index (χ4n) is 3.66. The minimum absolute atomic E-state index is 0.0288. The zero-order valence-electron chi connectivity index (χ0n) is 19.4. The molecule has 0 aromatic heterocycles. The first kappa shape index (κ1) is 24.6. The van der Waals surface area contributed by atoms with Crippen molar-refractivity contribution in [2.24, 2.45) is 11.8 Å². The first-order valence-electron chi connectivity index (χ1n) is 10.9. The van der Waals surface area contributed by atoms with Crippen molar-refractivity contribution in [3.63, 3.8) is 0 Å². The van der Waals surface area contributed by atoms with Gasteiger partial charge >= 0.3 is 6.09 Å². The second-order valence-corrected chi connectivity index (χ2v) is 8.60. The highest BCUT2D eigenvalue weighted by Crippen LogP contribution is 2.35. The third-order valence-corrected chi connectivity index (χ3v) is 6.23. The smallest absolute Gasteiger partial charge is 0.407 e. The van der Waals surface area contributed by atoms with Gasteiger partial charge in [-0.05, 0) is 43.4 Å². The summed E-state index contributed by atoms with van der Waals surface area (Å²) in [5.74, 6) is -0.327. The molecule has 2 aromatic rings. The average molecular weight is 426 g/mol. The Morgan fingerprint density at radius 3 is 2.23 bits per heavy atom. The molecule has 0 aliphatic carbocycles. The van der Waals surface area contributed by atoms with Crippen LogP contribution in [0, 0.1) is 18.8 Å². The fraction of sp³-hybridized carbons (Fsp3) is 0.462. The number of carbonyl (C=O) groups excluding carboxylic acids is 2. The number of hydrogen-bond acceptors (Lipinski definition) is 4. The van der Waals surface area contributed by atoms with Gasteiger partial charge in [-0.2, -0.15) is 0 Å². The summed E-state index contributed by atoms with van der Waals surface area (Å²) in [6.07, 6.45) is -1.19. The molecule has 0 saturated heterocycles. The van der Waals surface area contributed by atoms with E-state index in [2.05, 4.69) is 5.32 Å². The van der Waals surface area contributed by atoms with Gasteiger partial charge in [0.05, 0.1) is 12.1 Å². The third-order valence-electron chi connectivity index (χ3n) is 6.23. The SMILES string of the molecule is CC(=O)C(C)C(C)c1ccc(C)cc1C(NC(=O)OCc1ccccc1)C(C)C(C)O. The van der Waals surface area contributed by atoms with Gasteiger partial charge in [-0.1, -0.05) is 74.9 Å². The number of benzene rings is 2. The molecule has 1 amide bonds. The summed E-state index contributed by atoms with van der Waals surface area (Å²) in [7, 11) is 0. The van der Waals surface area contributed by atoms with E-state index < -0.39 is 18.2 Å². The lowest BCUT2D eigenvalue weighted by Gasteiger charge is -2.31. The molecule has 0 radical (unpaired) electrons. The predicted octanol–water partition coefficient (Wildman–Crippen LogP) is 5.31. The van der Waals surface area contributed by atoms with E-state index in [0.29, 0.717) is 0 Å². The molecule has 5 nitrogen and oxygen atoms in total. The summed E-state index contributed by atoms with van der Waals surface area (Å²) in [6.45, 7) is 11.3. The first-order chi connectivity index (χ1) is 14.6. The van der Waals surface area contributed by atoms with E-state index in [0.717, 1.165) is 22.3 Å². The van der Waals surface area contributed by atoms with Gasteiger partial charge in [-0.3, -0.25) is 4.79 Å². The van der Waals surface area contributed by atoms with Crippen molar-refractivity contribution in [3.8, 4) is 0 Å². The number of aliphatic hydroxyl groups excluding tert-OH is 1. The van der Waals surface area contributed by atoms with Crippen molar-refractivity contribution in [2.45, 2.75) is 66.2 Å². The van der Waals surface area contributed by atoms with E-state index in [-0.39, 0.29) is 30.1 Å². The van der Waals surface area contributed by atoms with Gasteiger partial charge in [-0.25, -0.2) is 4.79 Å². The molecule has 5 heteroatoms. The molecular formula is C26H35NO4. The summed E-state index contributed by atoms with van der Waals surface area (Å²) in [4.78, 5) is 24.7. The Balaban J connectivity index is 2.33. The van der Waals surface area contributed by atoms with Crippen LogP contribution >= 0.6 is 0 Å². The van der Waals surface area contributed by atoms with Crippen LogP contribution in [0.2, 0.25) is 0 Å². The number of Topliss-reactive ketones (excluding diaryl/α,β-unsaturated/α-hetero) is 1. The maximum absolute atomic E-state index is 12.7. The molecule has 2 rings (SSSR count). The van der Waals surface area contributed by atoms with Gasteiger partial charge in [0.15, 0.2) is 0 Å². The summed E-state index contributed by atoms with van der Waals surface area (Å²) < 4.78 is 5.44. The summed E-state index contributed by atoms with van der Waals surface area (Å²) in [5, 5.41) is 13.3. The molecule has 0 bridgehead atoms. The number of amides is 1. The number of nitrogens with one attached hydrogen (secondary N) is 1. The average Bonchev–Trinajstić information content (AvgIpc) is 2.75. The largest absolute Gasteiger partial charge is 0.445 e. The van der Waals surface area contributed by atoms with Gasteiger partial charge in [0.25, 0.3) is 0 Å². The summed E-state index contributed by atoms with van der Waals surface area (Å²) in [6, 6.07) is 15.1. The Morgan fingerprint density at radius 1 is 1.00 bits per heavy atom. The normalized spacial score (nSPS) is 16.0. The monoisotopic (exact) mass is 425 g/mol. The van der Waals surface area contributed by atoms with Crippen molar-refractivity contribution in [2.75, 3.05) is 0 Å². The van der Waals surface area contributed by atoms with Crippen LogP contribution in [-0.4, -0.2) is 23.1 Å².